The zero-order valence-corrected chi connectivity index (χ0v) is 15.8. The lowest BCUT2D eigenvalue weighted by Gasteiger charge is -2.34. The molecule has 1 fully saturated rings. The first-order valence-electron chi connectivity index (χ1n) is 9.70. The molecule has 0 unspecified atom stereocenters. The zero-order chi connectivity index (χ0) is 19.2. The minimum absolute atomic E-state index is 0.152. The molecule has 3 aromatic rings. The number of amides is 1. The average molecular weight is 376 g/mol. The van der Waals surface area contributed by atoms with Gasteiger partial charge < -0.3 is 9.42 Å². The average Bonchev–Trinajstić information content (AvgIpc) is 3.23. The Hall–Kier alpha value is -2.99. The van der Waals surface area contributed by atoms with Gasteiger partial charge in [0.2, 0.25) is 17.6 Å². The van der Waals surface area contributed by atoms with E-state index >= 15 is 0 Å². The molecular formula is C22H24N4O2. The van der Waals surface area contributed by atoms with Gasteiger partial charge in [0.15, 0.2) is 0 Å². The molecular weight excluding hydrogens is 352 g/mol. The van der Waals surface area contributed by atoms with Crippen LogP contribution in [0.2, 0.25) is 0 Å². The maximum Gasteiger partial charge on any atom is 0.227 e. The predicted octanol–water partition coefficient (Wildman–Crippen LogP) is 3.01. The van der Waals surface area contributed by atoms with Gasteiger partial charge >= 0.3 is 0 Å². The van der Waals surface area contributed by atoms with Gasteiger partial charge in [-0.25, -0.2) is 0 Å². The zero-order valence-electron chi connectivity index (χ0n) is 15.8. The van der Waals surface area contributed by atoms with Gasteiger partial charge in [-0.05, 0) is 5.56 Å². The van der Waals surface area contributed by atoms with Crippen molar-refractivity contribution in [1.82, 2.24) is 19.9 Å². The Kier molecular flexibility index (Phi) is 5.77. The highest BCUT2D eigenvalue weighted by molar-refractivity contribution is 5.76. The Morgan fingerprint density at radius 2 is 1.61 bits per heavy atom. The lowest BCUT2D eigenvalue weighted by Crippen LogP contribution is -2.48. The summed E-state index contributed by atoms with van der Waals surface area (Å²) in [6.45, 7) is 4.28. The van der Waals surface area contributed by atoms with Gasteiger partial charge in [-0.2, -0.15) is 4.98 Å². The molecule has 6 heteroatoms. The molecule has 0 atom stereocenters. The normalized spacial score (nSPS) is 14.9. The molecule has 0 N–H and O–H groups in total. The highest BCUT2D eigenvalue weighted by Gasteiger charge is 2.21. The van der Waals surface area contributed by atoms with Crippen LogP contribution >= 0.6 is 0 Å². The number of rotatable bonds is 6. The number of carbonyl (C=O) groups excluding carboxylic acids is 1. The molecule has 0 saturated carbocycles. The first kappa shape index (κ1) is 18.4. The van der Waals surface area contributed by atoms with Crippen molar-refractivity contribution in [3.63, 3.8) is 0 Å². The smallest absolute Gasteiger partial charge is 0.227 e. The van der Waals surface area contributed by atoms with Crippen molar-refractivity contribution >= 4 is 5.91 Å². The van der Waals surface area contributed by atoms with Crippen LogP contribution in [0.5, 0.6) is 0 Å². The number of benzene rings is 2. The molecule has 144 valence electrons. The summed E-state index contributed by atoms with van der Waals surface area (Å²) in [5.41, 5.74) is 2.23. The van der Waals surface area contributed by atoms with Crippen LogP contribution in [0, 0.1) is 0 Å². The van der Waals surface area contributed by atoms with Crippen LogP contribution in [-0.2, 0) is 17.8 Å². The Morgan fingerprint density at radius 3 is 2.32 bits per heavy atom. The fraction of sp³-hybridized carbons (Fsp3) is 0.318. The SMILES string of the molecule is O=C(CCc1nc(-c2ccccc2)no1)N1CCN(Cc2ccccc2)CC1. The number of hydrogen-bond donors (Lipinski definition) is 0. The fourth-order valence-corrected chi connectivity index (χ4v) is 3.43. The highest BCUT2D eigenvalue weighted by atomic mass is 16.5. The Labute approximate surface area is 164 Å². The summed E-state index contributed by atoms with van der Waals surface area (Å²) in [5, 5.41) is 4.01. The Balaban J connectivity index is 1.23. The molecule has 1 saturated heterocycles. The monoisotopic (exact) mass is 376 g/mol. The van der Waals surface area contributed by atoms with E-state index < -0.39 is 0 Å². The van der Waals surface area contributed by atoms with E-state index in [2.05, 4.69) is 39.3 Å². The summed E-state index contributed by atoms with van der Waals surface area (Å²) in [6, 6.07) is 20.2. The molecule has 1 aromatic heterocycles. The van der Waals surface area contributed by atoms with E-state index in [0.717, 1.165) is 38.3 Å². The van der Waals surface area contributed by atoms with Crippen molar-refractivity contribution < 1.29 is 9.32 Å². The molecule has 1 aliphatic rings. The maximum atomic E-state index is 12.5. The molecule has 4 rings (SSSR count). The molecule has 2 heterocycles. The van der Waals surface area contributed by atoms with E-state index in [9.17, 15) is 4.79 Å². The van der Waals surface area contributed by atoms with Gasteiger partial charge in [-0.1, -0.05) is 65.8 Å². The quantitative estimate of drug-likeness (QED) is 0.662. The molecule has 0 aliphatic carbocycles. The fourth-order valence-electron chi connectivity index (χ4n) is 3.43. The van der Waals surface area contributed by atoms with E-state index in [1.165, 1.54) is 5.56 Å². The van der Waals surface area contributed by atoms with Crippen LogP contribution in [0.1, 0.15) is 17.9 Å². The maximum absolute atomic E-state index is 12.5. The van der Waals surface area contributed by atoms with Crippen molar-refractivity contribution in [2.45, 2.75) is 19.4 Å². The topological polar surface area (TPSA) is 62.5 Å². The molecule has 2 aromatic carbocycles. The Bertz CT molecular complexity index is 887. The third kappa shape index (κ3) is 4.64. The van der Waals surface area contributed by atoms with Crippen molar-refractivity contribution in [3.8, 4) is 11.4 Å². The van der Waals surface area contributed by atoms with Crippen LogP contribution in [0.15, 0.2) is 65.2 Å². The van der Waals surface area contributed by atoms with Crippen molar-refractivity contribution in [1.29, 1.82) is 0 Å². The third-order valence-electron chi connectivity index (χ3n) is 5.03. The van der Waals surface area contributed by atoms with Gasteiger partial charge in [0, 0.05) is 51.1 Å². The number of hydrogen-bond acceptors (Lipinski definition) is 5. The molecule has 28 heavy (non-hydrogen) atoms. The number of carbonyl (C=O) groups is 1. The van der Waals surface area contributed by atoms with E-state index in [0.29, 0.717) is 24.6 Å². The van der Waals surface area contributed by atoms with E-state index in [1.54, 1.807) is 0 Å². The summed E-state index contributed by atoms with van der Waals surface area (Å²) in [5.74, 6) is 1.23. The van der Waals surface area contributed by atoms with E-state index in [4.69, 9.17) is 4.52 Å². The van der Waals surface area contributed by atoms with Gasteiger partial charge in [0.25, 0.3) is 0 Å². The lowest BCUT2D eigenvalue weighted by atomic mass is 10.2. The van der Waals surface area contributed by atoms with Crippen LogP contribution in [0.4, 0.5) is 0 Å². The third-order valence-corrected chi connectivity index (χ3v) is 5.03. The molecule has 1 aliphatic heterocycles. The van der Waals surface area contributed by atoms with Crippen LogP contribution in [0.25, 0.3) is 11.4 Å². The molecule has 1 amide bonds. The number of aromatic nitrogens is 2. The summed E-state index contributed by atoms with van der Waals surface area (Å²) in [4.78, 5) is 21.3. The van der Waals surface area contributed by atoms with Gasteiger partial charge in [-0.3, -0.25) is 9.69 Å². The summed E-state index contributed by atoms with van der Waals surface area (Å²) in [7, 11) is 0. The number of aryl methyl sites for hydroxylation is 1. The van der Waals surface area contributed by atoms with E-state index in [1.807, 2.05) is 41.3 Å². The van der Waals surface area contributed by atoms with Gasteiger partial charge in [0.05, 0.1) is 0 Å². The van der Waals surface area contributed by atoms with Crippen molar-refractivity contribution in [2.75, 3.05) is 26.2 Å². The number of nitrogens with zero attached hydrogens (tertiary/aromatic N) is 4. The van der Waals surface area contributed by atoms with Gasteiger partial charge in [-0.15, -0.1) is 0 Å². The highest BCUT2D eigenvalue weighted by Crippen LogP contribution is 2.16. The largest absolute Gasteiger partial charge is 0.340 e. The van der Waals surface area contributed by atoms with Crippen molar-refractivity contribution in [2.24, 2.45) is 0 Å². The first-order chi connectivity index (χ1) is 13.8. The molecule has 0 bridgehead atoms. The summed E-state index contributed by atoms with van der Waals surface area (Å²) in [6.07, 6.45) is 0.873. The van der Waals surface area contributed by atoms with Crippen LogP contribution < -0.4 is 0 Å². The van der Waals surface area contributed by atoms with Crippen LogP contribution in [0.3, 0.4) is 0 Å². The second kappa shape index (κ2) is 8.80. The summed E-state index contributed by atoms with van der Waals surface area (Å²) >= 11 is 0. The minimum Gasteiger partial charge on any atom is -0.340 e. The predicted molar refractivity (Wildman–Crippen MR) is 106 cm³/mol. The van der Waals surface area contributed by atoms with Crippen LogP contribution in [-0.4, -0.2) is 52.0 Å². The standard InChI is InChI=1S/C22H24N4O2/c27-21(12-11-20-23-22(24-28-20)19-9-5-2-6-10-19)26-15-13-25(14-16-26)17-18-7-3-1-4-8-18/h1-10H,11-17H2. The Morgan fingerprint density at radius 1 is 0.929 bits per heavy atom. The summed E-state index contributed by atoms with van der Waals surface area (Å²) < 4.78 is 5.30. The lowest BCUT2D eigenvalue weighted by molar-refractivity contribution is -0.133. The first-order valence-corrected chi connectivity index (χ1v) is 9.70. The van der Waals surface area contributed by atoms with Crippen molar-refractivity contribution in [3.05, 3.63) is 72.1 Å². The second-order valence-corrected chi connectivity index (χ2v) is 7.02. The molecule has 6 nitrogen and oxygen atoms in total. The minimum atomic E-state index is 0.152. The molecule has 0 spiro atoms. The second-order valence-electron chi connectivity index (χ2n) is 7.02. The number of piperazine rings is 1. The van der Waals surface area contributed by atoms with Gasteiger partial charge in [0.1, 0.15) is 0 Å². The molecule has 0 radical (unpaired) electrons. The van der Waals surface area contributed by atoms with E-state index in [-0.39, 0.29) is 5.91 Å².